The van der Waals surface area contributed by atoms with E-state index in [0.29, 0.717) is 6.61 Å². The number of hydrogen-bond acceptors (Lipinski definition) is 4. The minimum absolute atomic E-state index is 0. The fraction of sp³-hybridized carbons (Fsp3) is 0.625. The molecule has 1 aromatic rings. The van der Waals surface area contributed by atoms with Gasteiger partial charge in [0.05, 0.1) is 18.8 Å². The maximum atomic E-state index is 10.8. The first-order chi connectivity index (χ1) is 6.79. The van der Waals surface area contributed by atoms with E-state index < -0.39 is 11.1 Å². The van der Waals surface area contributed by atoms with Crippen molar-refractivity contribution >= 4 is 11.1 Å². The Morgan fingerprint density at radius 2 is 2.47 bits per heavy atom. The van der Waals surface area contributed by atoms with E-state index in [2.05, 4.69) is 5.10 Å². The summed E-state index contributed by atoms with van der Waals surface area (Å²) in [5.74, 6) is 0. The third kappa shape index (κ3) is 2.92. The first-order valence-corrected chi connectivity index (χ1v) is 5.57. The van der Waals surface area contributed by atoms with Gasteiger partial charge in [-0.05, 0) is 30.0 Å². The molecule has 0 radical (unpaired) electrons. The fourth-order valence-electron chi connectivity index (χ4n) is 1.62. The molecule has 15 heavy (non-hydrogen) atoms. The molecule has 0 amide bonds. The van der Waals surface area contributed by atoms with Crippen molar-refractivity contribution in [3.05, 3.63) is 12.3 Å². The van der Waals surface area contributed by atoms with Gasteiger partial charge in [-0.3, -0.25) is 8.89 Å². The van der Waals surface area contributed by atoms with Crippen LogP contribution in [0.2, 0.25) is 0 Å². The standard InChI is InChI=1S/C8H12N2O3S.Li/c11-14(12)8-3-4-9-10(8)7-2-1-5-13-6-7;/h3-4,7H,1-2,5-6H2,(H,11,12);/q;+1/p-1. The van der Waals surface area contributed by atoms with Crippen molar-refractivity contribution in [2.24, 2.45) is 0 Å². The van der Waals surface area contributed by atoms with Crippen LogP contribution in [0.15, 0.2) is 17.3 Å². The Balaban J connectivity index is 0.00000112. The van der Waals surface area contributed by atoms with Crippen LogP contribution in [0.1, 0.15) is 18.9 Å². The predicted octanol–water partition coefficient (Wildman–Crippen LogP) is -2.52. The molecule has 1 aliphatic heterocycles. The Morgan fingerprint density at radius 1 is 1.67 bits per heavy atom. The topological polar surface area (TPSA) is 67.2 Å². The van der Waals surface area contributed by atoms with E-state index in [4.69, 9.17) is 4.74 Å². The molecule has 5 nitrogen and oxygen atoms in total. The quantitative estimate of drug-likeness (QED) is 0.409. The van der Waals surface area contributed by atoms with Gasteiger partial charge in [-0.25, -0.2) is 0 Å². The average Bonchev–Trinajstić information content (AvgIpc) is 2.67. The molecule has 0 spiro atoms. The number of ether oxygens (including phenoxy) is 1. The number of nitrogens with zero attached hydrogens (tertiary/aromatic N) is 2. The van der Waals surface area contributed by atoms with Crippen LogP contribution in [0.5, 0.6) is 0 Å². The fourth-order valence-corrected chi connectivity index (χ4v) is 2.15. The van der Waals surface area contributed by atoms with Crippen molar-refractivity contribution in [1.82, 2.24) is 9.78 Å². The van der Waals surface area contributed by atoms with E-state index in [9.17, 15) is 8.76 Å². The summed E-state index contributed by atoms with van der Waals surface area (Å²) in [6.07, 6.45) is 3.38. The van der Waals surface area contributed by atoms with Crippen LogP contribution in [-0.4, -0.2) is 31.8 Å². The molecule has 1 saturated heterocycles. The van der Waals surface area contributed by atoms with Crippen LogP contribution in [0.25, 0.3) is 0 Å². The van der Waals surface area contributed by atoms with Gasteiger partial charge in [-0.2, -0.15) is 5.10 Å². The minimum Gasteiger partial charge on any atom is -0.767 e. The largest absolute Gasteiger partial charge is 1.00 e. The Bertz CT molecular complexity index is 338. The summed E-state index contributed by atoms with van der Waals surface area (Å²) in [7, 11) is 0. The molecule has 0 aromatic carbocycles. The molecule has 2 atom stereocenters. The average molecular weight is 222 g/mol. The van der Waals surface area contributed by atoms with E-state index in [-0.39, 0.29) is 29.9 Å². The second-order valence-electron chi connectivity index (χ2n) is 3.22. The predicted molar refractivity (Wildman–Crippen MR) is 48.5 cm³/mol. The molecule has 1 fully saturated rings. The number of hydrogen-bond donors (Lipinski definition) is 0. The number of rotatable bonds is 2. The van der Waals surface area contributed by atoms with Gasteiger partial charge in [0, 0.05) is 6.61 Å². The second kappa shape index (κ2) is 5.82. The molecule has 7 heteroatoms. The summed E-state index contributed by atoms with van der Waals surface area (Å²) >= 11 is -2.22. The Morgan fingerprint density at radius 3 is 3.07 bits per heavy atom. The SMILES string of the molecule is O=S([O-])c1ccnn1C1CCCOC1.[Li+]. The molecule has 2 heterocycles. The van der Waals surface area contributed by atoms with Gasteiger partial charge in [0.1, 0.15) is 5.03 Å². The molecule has 1 aromatic heterocycles. The Labute approximate surface area is 103 Å². The first kappa shape index (κ1) is 12.9. The molecule has 0 N–H and O–H groups in total. The molecule has 2 rings (SSSR count). The third-order valence-corrected chi connectivity index (χ3v) is 2.95. The summed E-state index contributed by atoms with van der Waals surface area (Å²) in [6, 6.07) is 1.56. The van der Waals surface area contributed by atoms with Crippen LogP contribution in [0, 0.1) is 0 Å². The zero-order valence-corrected chi connectivity index (χ0v) is 9.40. The summed E-state index contributed by atoms with van der Waals surface area (Å²) in [5, 5.41) is 4.24. The van der Waals surface area contributed by atoms with Gasteiger partial charge in [0.25, 0.3) is 0 Å². The van der Waals surface area contributed by atoms with Crippen LogP contribution < -0.4 is 18.9 Å². The zero-order chi connectivity index (χ0) is 9.97. The van der Waals surface area contributed by atoms with Crippen molar-refractivity contribution in [2.75, 3.05) is 13.2 Å². The van der Waals surface area contributed by atoms with Crippen molar-refractivity contribution in [3.63, 3.8) is 0 Å². The zero-order valence-electron chi connectivity index (χ0n) is 8.59. The van der Waals surface area contributed by atoms with Crippen molar-refractivity contribution in [1.29, 1.82) is 0 Å². The van der Waals surface area contributed by atoms with Crippen molar-refractivity contribution < 1.29 is 32.4 Å². The molecular weight excluding hydrogens is 211 g/mol. The summed E-state index contributed by atoms with van der Waals surface area (Å²) in [5.41, 5.74) is 0. The summed E-state index contributed by atoms with van der Waals surface area (Å²) in [6.45, 7) is 1.31. The first-order valence-electron chi connectivity index (χ1n) is 4.49. The summed E-state index contributed by atoms with van der Waals surface area (Å²) < 4.78 is 28.5. The monoisotopic (exact) mass is 222 g/mol. The molecule has 0 bridgehead atoms. The molecule has 0 saturated carbocycles. The molecular formula is C8H11LiN2O3S. The second-order valence-corrected chi connectivity index (χ2v) is 4.11. The van der Waals surface area contributed by atoms with Crippen molar-refractivity contribution in [2.45, 2.75) is 23.9 Å². The van der Waals surface area contributed by atoms with Gasteiger partial charge in [-0.1, -0.05) is 0 Å². The molecule has 2 unspecified atom stereocenters. The Kier molecular flexibility index (Phi) is 5.03. The van der Waals surface area contributed by atoms with Crippen LogP contribution >= 0.6 is 0 Å². The van der Waals surface area contributed by atoms with E-state index in [1.54, 1.807) is 0 Å². The van der Waals surface area contributed by atoms with Gasteiger partial charge < -0.3 is 9.29 Å². The number of aromatic nitrogens is 2. The Hall–Kier alpha value is -0.123. The van der Waals surface area contributed by atoms with Gasteiger partial charge in [0.2, 0.25) is 0 Å². The molecule has 78 valence electrons. The van der Waals surface area contributed by atoms with E-state index in [0.717, 1.165) is 19.4 Å². The van der Waals surface area contributed by atoms with Crippen molar-refractivity contribution in [3.8, 4) is 0 Å². The van der Waals surface area contributed by atoms with Gasteiger partial charge >= 0.3 is 18.9 Å². The summed E-state index contributed by atoms with van der Waals surface area (Å²) in [4.78, 5) is 0. The van der Waals surface area contributed by atoms with Gasteiger partial charge in [-0.15, -0.1) is 0 Å². The molecule has 0 aliphatic carbocycles. The normalized spacial score (nSPS) is 23.1. The van der Waals surface area contributed by atoms with Crippen LogP contribution in [-0.2, 0) is 15.8 Å². The third-order valence-electron chi connectivity index (χ3n) is 2.29. The van der Waals surface area contributed by atoms with Crippen LogP contribution in [0.3, 0.4) is 0 Å². The van der Waals surface area contributed by atoms with E-state index in [1.807, 2.05) is 0 Å². The van der Waals surface area contributed by atoms with Gasteiger partial charge in [0.15, 0.2) is 0 Å². The minimum atomic E-state index is -2.22. The van der Waals surface area contributed by atoms with E-state index >= 15 is 0 Å². The van der Waals surface area contributed by atoms with Crippen LogP contribution in [0.4, 0.5) is 0 Å². The maximum absolute atomic E-state index is 10.8. The smallest absolute Gasteiger partial charge is 0.767 e. The molecule has 1 aliphatic rings. The van der Waals surface area contributed by atoms with E-state index in [1.165, 1.54) is 16.9 Å². The maximum Gasteiger partial charge on any atom is 1.00 e.